The highest BCUT2D eigenvalue weighted by Gasteiger charge is 2.30. The fourth-order valence-electron chi connectivity index (χ4n) is 1.76. The summed E-state index contributed by atoms with van der Waals surface area (Å²) >= 11 is 5.87. The highest BCUT2D eigenvalue weighted by atomic mass is 35.5. The van der Waals surface area contributed by atoms with Crippen LogP contribution in [0.15, 0.2) is 42.5 Å². The molecule has 0 radical (unpaired) electrons. The zero-order chi connectivity index (χ0) is 15.6. The number of alkyl halides is 3. The summed E-state index contributed by atoms with van der Waals surface area (Å²) in [6, 6.07) is 9.10. The molecule has 0 saturated heterocycles. The van der Waals surface area contributed by atoms with Crippen molar-refractivity contribution in [2.75, 3.05) is 5.32 Å². The second-order valence-corrected chi connectivity index (χ2v) is 4.90. The third kappa shape index (κ3) is 3.76. The van der Waals surface area contributed by atoms with Crippen molar-refractivity contribution in [3.63, 3.8) is 0 Å². The molecule has 1 amide bonds. The third-order valence-corrected chi connectivity index (χ3v) is 3.29. The molecule has 0 aliphatic heterocycles. The van der Waals surface area contributed by atoms with Gasteiger partial charge in [0.15, 0.2) is 0 Å². The molecule has 0 aromatic heterocycles. The van der Waals surface area contributed by atoms with Crippen LogP contribution in [-0.4, -0.2) is 5.91 Å². The number of benzene rings is 2. The predicted molar refractivity (Wildman–Crippen MR) is 75.6 cm³/mol. The van der Waals surface area contributed by atoms with Crippen LogP contribution in [-0.2, 0) is 6.18 Å². The minimum absolute atomic E-state index is 0.0579. The largest absolute Gasteiger partial charge is 0.416 e. The number of nitrogens with one attached hydrogen (secondary N) is 1. The lowest BCUT2D eigenvalue weighted by atomic mass is 10.1. The van der Waals surface area contributed by atoms with Gasteiger partial charge in [0, 0.05) is 16.3 Å². The van der Waals surface area contributed by atoms with Crippen LogP contribution in [0.25, 0.3) is 0 Å². The smallest absolute Gasteiger partial charge is 0.322 e. The highest BCUT2D eigenvalue weighted by Crippen LogP contribution is 2.29. The molecule has 0 spiro atoms. The van der Waals surface area contributed by atoms with Crippen LogP contribution in [0.3, 0.4) is 0 Å². The molecule has 6 heteroatoms. The van der Waals surface area contributed by atoms with E-state index in [1.165, 1.54) is 12.1 Å². The van der Waals surface area contributed by atoms with Gasteiger partial charge < -0.3 is 5.32 Å². The third-order valence-electron chi connectivity index (χ3n) is 2.87. The van der Waals surface area contributed by atoms with Crippen molar-refractivity contribution in [1.82, 2.24) is 0 Å². The Balaban J connectivity index is 2.22. The van der Waals surface area contributed by atoms with Gasteiger partial charge >= 0.3 is 6.18 Å². The molecule has 0 unspecified atom stereocenters. The van der Waals surface area contributed by atoms with E-state index in [2.05, 4.69) is 5.32 Å². The molecule has 0 aliphatic rings. The first-order valence-electron chi connectivity index (χ1n) is 6.02. The first-order valence-corrected chi connectivity index (χ1v) is 6.40. The Labute approximate surface area is 124 Å². The lowest BCUT2D eigenvalue weighted by Crippen LogP contribution is -2.14. The SMILES string of the molecule is Cc1cc(NC(=O)c2cccc(C(F)(F)F)c2)ccc1Cl. The number of aryl methyl sites for hydroxylation is 1. The second-order valence-electron chi connectivity index (χ2n) is 4.50. The Hall–Kier alpha value is -2.01. The van der Waals surface area contributed by atoms with Crippen molar-refractivity contribution in [2.24, 2.45) is 0 Å². The number of halogens is 4. The first kappa shape index (κ1) is 15.4. The molecular weight excluding hydrogens is 303 g/mol. The van der Waals surface area contributed by atoms with Crippen molar-refractivity contribution in [3.05, 3.63) is 64.2 Å². The minimum atomic E-state index is -4.48. The van der Waals surface area contributed by atoms with Gasteiger partial charge in [-0.3, -0.25) is 4.79 Å². The van der Waals surface area contributed by atoms with Crippen molar-refractivity contribution in [2.45, 2.75) is 13.1 Å². The maximum absolute atomic E-state index is 12.6. The van der Waals surface area contributed by atoms with E-state index in [-0.39, 0.29) is 5.56 Å². The molecule has 1 N–H and O–H groups in total. The molecule has 110 valence electrons. The standard InChI is InChI=1S/C15H11ClF3NO/c1-9-7-12(5-6-13(9)16)20-14(21)10-3-2-4-11(8-10)15(17,18)19/h2-8H,1H3,(H,20,21). The lowest BCUT2D eigenvalue weighted by Gasteiger charge is -2.10. The van der Waals surface area contributed by atoms with E-state index >= 15 is 0 Å². The normalized spacial score (nSPS) is 11.3. The van der Waals surface area contributed by atoms with E-state index in [9.17, 15) is 18.0 Å². The van der Waals surface area contributed by atoms with Crippen molar-refractivity contribution >= 4 is 23.2 Å². The Bertz CT molecular complexity index is 683. The molecule has 2 rings (SSSR count). The summed E-state index contributed by atoms with van der Waals surface area (Å²) in [6.07, 6.45) is -4.48. The molecule has 21 heavy (non-hydrogen) atoms. The van der Waals surface area contributed by atoms with Crippen LogP contribution in [0.1, 0.15) is 21.5 Å². The number of carbonyl (C=O) groups is 1. The number of carbonyl (C=O) groups excluding carboxylic acids is 1. The summed E-state index contributed by atoms with van der Waals surface area (Å²) in [6.45, 7) is 1.77. The molecule has 0 saturated carbocycles. The van der Waals surface area contributed by atoms with E-state index in [0.29, 0.717) is 10.7 Å². The molecule has 2 nitrogen and oxygen atoms in total. The monoisotopic (exact) mass is 313 g/mol. The van der Waals surface area contributed by atoms with Gasteiger partial charge in [0.1, 0.15) is 0 Å². The van der Waals surface area contributed by atoms with Crippen LogP contribution in [0.2, 0.25) is 5.02 Å². The van der Waals surface area contributed by atoms with Gasteiger partial charge in [0.25, 0.3) is 5.91 Å². The second kappa shape index (κ2) is 5.77. The quantitative estimate of drug-likeness (QED) is 0.837. The van der Waals surface area contributed by atoms with E-state index in [0.717, 1.165) is 17.7 Å². The number of hydrogen-bond acceptors (Lipinski definition) is 1. The van der Waals surface area contributed by atoms with E-state index in [1.807, 2.05) is 0 Å². The van der Waals surface area contributed by atoms with Crippen LogP contribution < -0.4 is 5.32 Å². The lowest BCUT2D eigenvalue weighted by molar-refractivity contribution is -0.137. The van der Waals surface area contributed by atoms with Crippen molar-refractivity contribution < 1.29 is 18.0 Å². The minimum Gasteiger partial charge on any atom is -0.322 e. The van der Waals surface area contributed by atoms with Gasteiger partial charge in [-0.15, -0.1) is 0 Å². The van der Waals surface area contributed by atoms with Gasteiger partial charge in [-0.25, -0.2) is 0 Å². The fraction of sp³-hybridized carbons (Fsp3) is 0.133. The van der Waals surface area contributed by atoms with E-state index < -0.39 is 17.6 Å². The Morgan fingerprint density at radius 2 is 1.86 bits per heavy atom. The fourth-order valence-corrected chi connectivity index (χ4v) is 1.88. The van der Waals surface area contributed by atoms with Gasteiger partial charge in [-0.1, -0.05) is 17.7 Å². The molecule has 0 bridgehead atoms. The van der Waals surface area contributed by atoms with E-state index in [4.69, 9.17) is 11.6 Å². The maximum Gasteiger partial charge on any atom is 0.416 e. The Morgan fingerprint density at radius 1 is 1.14 bits per heavy atom. The summed E-state index contributed by atoms with van der Waals surface area (Å²) in [5.74, 6) is -0.608. The molecule has 0 fully saturated rings. The van der Waals surface area contributed by atoms with E-state index in [1.54, 1.807) is 25.1 Å². The average molecular weight is 314 g/mol. The summed E-state index contributed by atoms with van der Waals surface area (Å²) in [7, 11) is 0. The molecule has 0 atom stereocenters. The molecule has 0 heterocycles. The Morgan fingerprint density at radius 3 is 2.48 bits per heavy atom. The molecular formula is C15H11ClF3NO. The Kier molecular flexibility index (Phi) is 4.23. The number of anilines is 1. The zero-order valence-electron chi connectivity index (χ0n) is 11.0. The number of rotatable bonds is 2. The van der Waals surface area contributed by atoms with Crippen molar-refractivity contribution in [3.8, 4) is 0 Å². The number of amides is 1. The van der Waals surface area contributed by atoms with Gasteiger partial charge in [-0.2, -0.15) is 13.2 Å². The van der Waals surface area contributed by atoms with Crippen LogP contribution in [0.4, 0.5) is 18.9 Å². The molecule has 2 aromatic rings. The van der Waals surface area contributed by atoms with Crippen LogP contribution in [0, 0.1) is 6.92 Å². The molecule has 0 aliphatic carbocycles. The van der Waals surface area contributed by atoms with Crippen LogP contribution >= 0.6 is 11.6 Å². The summed E-state index contributed by atoms with van der Waals surface area (Å²) in [5, 5.41) is 3.09. The summed E-state index contributed by atoms with van der Waals surface area (Å²) in [4.78, 5) is 12.0. The molecule has 2 aromatic carbocycles. The zero-order valence-corrected chi connectivity index (χ0v) is 11.7. The first-order chi connectivity index (χ1) is 9.77. The maximum atomic E-state index is 12.6. The van der Waals surface area contributed by atoms with Gasteiger partial charge in [0.05, 0.1) is 5.56 Å². The topological polar surface area (TPSA) is 29.1 Å². The summed E-state index contributed by atoms with van der Waals surface area (Å²) in [5.41, 5.74) is 0.317. The van der Waals surface area contributed by atoms with Crippen molar-refractivity contribution in [1.29, 1.82) is 0 Å². The van der Waals surface area contributed by atoms with Crippen LogP contribution in [0.5, 0.6) is 0 Å². The van der Waals surface area contributed by atoms with Gasteiger partial charge in [0.2, 0.25) is 0 Å². The van der Waals surface area contributed by atoms with Gasteiger partial charge in [-0.05, 0) is 48.9 Å². The highest BCUT2D eigenvalue weighted by molar-refractivity contribution is 6.31. The predicted octanol–water partition coefficient (Wildman–Crippen LogP) is 4.92. The number of hydrogen-bond donors (Lipinski definition) is 1. The summed E-state index contributed by atoms with van der Waals surface area (Å²) < 4.78 is 37.8. The average Bonchev–Trinajstić information content (AvgIpc) is 2.42.